The van der Waals surface area contributed by atoms with Crippen molar-refractivity contribution < 1.29 is 32.2 Å². The van der Waals surface area contributed by atoms with Crippen molar-refractivity contribution in [1.29, 1.82) is 0 Å². The number of rotatable bonds is 4. The third-order valence-corrected chi connectivity index (χ3v) is 2.31. The van der Waals surface area contributed by atoms with Crippen molar-refractivity contribution in [2.45, 2.75) is 12.6 Å². The van der Waals surface area contributed by atoms with E-state index in [0.717, 1.165) is 0 Å². The van der Waals surface area contributed by atoms with Gasteiger partial charge in [-0.3, -0.25) is 0 Å². The van der Waals surface area contributed by atoms with Gasteiger partial charge in [-0.25, -0.2) is 4.79 Å². The normalized spacial score (nSPS) is 19.3. The first kappa shape index (κ1) is 14.6. The van der Waals surface area contributed by atoms with E-state index < -0.39 is 24.9 Å². The minimum absolute atomic E-state index is 0.000586. The van der Waals surface area contributed by atoms with Crippen LogP contribution >= 0.6 is 0 Å². The van der Waals surface area contributed by atoms with Gasteiger partial charge < -0.3 is 14.2 Å². The van der Waals surface area contributed by atoms with Gasteiger partial charge in [0.1, 0.15) is 6.61 Å². The maximum atomic E-state index is 12.7. The summed E-state index contributed by atoms with van der Waals surface area (Å²) in [5.41, 5.74) is -0.000586. The maximum absolute atomic E-state index is 12.7. The second kappa shape index (κ2) is 6.44. The lowest BCUT2D eigenvalue weighted by molar-refractivity contribution is -0.165. The van der Waals surface area contributed by atoms with Crippen LogP contribution < -0.4 is 0 Å². The highest BCUT2D eigenvalue weighted by atomic mass is 19.4. The number of carbonyl (C=O) groups excluding carboxylic acids is 1. The maximum Gasteiger partial charge on any atom is 0.510 e. The number of halogens is 3. The SMILES string of the molecule is COCOC(=O)OCC1=CC=CCC1C(F)(F)F. The molecule has 1 unspecified atom stereocenters. The van der Waals surface area contributed by atoms with Crippen LogP contribution in [0.2, 0.25) is 0 Å². The molecule has 0 bridgehead atoms. The summed E-state index contributed by atoms with van der Waals surface area (Å²) in [4.78, 5) is 11.0. The van der Waals surface area contributed by atoms with Gasteiger partial charge in [-0.1, -0.05) is 18.2 Å². The van der Waals surface area contributed by atoms with Crippen LogP contribution in [0.15, 0.2) is 23.8 Å². The van der Waals surface area contributed by atoms with Crippen molar-refractivity contribution in [2.75, 3.05) is 20.5 Å². The van der Waals surface area contributed by atoms with E-state index in [1.165, 1.54) is 25.3 Å². The van der Waals surface area contributed by atoms with Crippen molar-refractivity contribution in [2.24, 2.45) is 5.92 Å². The molecule has 1 atom stereocenters. The predicted octanol–water partition coefficient (Wildman–Crippen LogP) is 2.81. The van der Waals surface area contributed by atoms with Crippen molar-refractivity contribution in [1.82, 2.24) is 0 Å². The van der Waals surface area contributed by atoms with Gasteiger partial charge >= 0.3 is 12.3 Å². The lowest BCUT2D eigenvalue weighted by Gasteiger charge is -2.23. The highest BCUT2D eigenvalue weighted by Gasteiger charge is 2.41. The van der Waals surface area contributed by atoms with Crippen molar-refractivity contribution in [3.05, 3.63) is 23.8 Å². The van der Waals surface area contributed by atoms with Crippen LogP contribution in [0.1, 0.15) is 6.42 Å². The van der Waals surface area contributed by atoms with E-state index in [1.807, 2.05) is 0 Å². The van der Waals surface area contributed by atoms with E-state index in [4.69, 9.17) is 0 Å². The zero-order valence-corrected chi connectivity index (χ0v) is 9.70. The molecule has 0 fully saturated rings. The highest BCUT2D eigenvalue weighted by molar-refractivity contribution is 5.60. The quantitative estimate of drug-likeness (QED) is 0.579. The summed E-state index contributed by atoms with van der Waals surface area (Å²) in [5.74, 6) is -1.61. The average Bonchev–Trinajstić information content (AvgIpc) is 2.33. The topological polar surface area (TPSA) is 44.8 Å². The van der Waals surface area contributed by atoms with Crippen LogP contribution in [-0.2, 0) is 14.2 Å². The molecule has 0 aliphatic heterocycles. The molecule has 7 heteroatoms. The summed E-state index contributed by atoms with van der Waals surface area (Å²) in [5, 5.41) is 0. The second-order valence-electron chi connectivity index (χ2n) is 3.59. The summed E-state index contributed by atoms with van der Waals surface area (Å²) < 4.78 is 51.4. The smallest absolute Gasteiger partial charge is 0.430 e. The van der Waals surface area contributed by atoms with Gasteiger partial charge in [0, 0.05) is 7.11 Å². The van der Waals surface area contributed by atoms with Crippen LogP contribution in [0, 0.1) is 5.92 Å². The summed E-state index contributed by atoms with van der Waals surface area (Å²) in [7, 11) is 1.31. The summed E-state index contributed by atoms with van der Waals surface area (Å²) >= 11 is 0. The molecule has 0 aromatic heterocycles. The van der Waals surface area contributed by atoms with E-state index in [9.17, 15) is 18.0 Å². The van der Waals surface area contributed by atoms with Crippen molar-refractivity contribution in [3.8, 4) is 0 Å². The first-order valence-electron chi connectivity index (χ1n) is 5.16. The van der Waals surface area contributed by atoms with Gasteiger partial charge in [0.05, 0.1) is 5.92 Å². The molecule has 0 aromatic carbocycles. The van der Waals surface area contributed by atoms with Crippen LogP contribution in [0.3, 0.4) is 0 Å². The van der Waals surface area contributed by atoms with Gasteiger partial charge in [-0.05, 0) is 12.0 Å². The third-order valence-electron chi connectivity index (χ3n) is 2.31. The van der Waals surface area contributed by atoms with Crippen LogP contribution in [-0.4, -0.2) is 32.8 Å². The Morgan fingerprint density at radius 2 is 2.17 bits per heavy atom. The third kappa shape index (κ3) is 4.40. The van der Waals surface area contributed by atoms with Crippen LogP contribution in [0.5, 0.6) is 0 Å². The summed E-state index contributed by atoms with van der Waals surface area (Å²) in [6.07, 6.45) is -1.34. The molecule has 4 nitrogen and oxygen atoms in total. The fraction of sp³-hybridized carbons (Fsp3) is 0.545. The molecule has 0 amide bonds. The standard InChI is InChI=1S/C11H13F3O4/c1-16-7-18-10(15)17-6-8-4-2-3-5-9(8)11(12,13)14/h2-4,9H,5-7H2,1H3. The van der Waals surface area contributed by atoms with E-state index in [-0.39, 0.29) is 18.8 Å². The van der Waals surface area contributed by atoms with E-state index >= 15 is 0 Å². The zero-order valence-electron chi connectivity index (χ0n) is 9.70. The van der Waals surface area contributed by atoms with Gasteiger partial charge in [-0.2, -0.15) is 13.2 Å². The number of hydrogen-bond donors (Lipinski definition) is 0. The van der Waals surface area contributed by atoms with E-state index in [2.05, 4.69) is 14.2 Å². The van der Waals surface area contributed by atoms with Crippen LogP contribution in [0.25, 0.3) is 0 Å². The molecule has 102 valence electrons. The molecule has 0 N–H and O–H groups in total. The highest BCUT2D eigenvalue weighted by Crippen LogP contribution is 2.36. The number of hydrogen-bond acceptors (Lipinski definition) is 4. The Bertz CT molecular complexity index is 347. The Morgan fingerprint density at radius 3 is 2.78 bits per heavy atom. The number of carbonyl (C=O) groups is 1. The Hall–Kier alpha value is -1.50. The molecule has 1 aliphatic carbocycles. The first-order chi connectivity index (χ1) is 8.45. The molecule has 1 aliphatic rings. The minimum atomic E-state index is -4.35. The fourth-order valence-electron chi connectivity index (χ4n) is 1.46. The van der Waals surface area contributed by atoms with E-state index in [1.54, 1.807) is 0 Å². The Kier molecular flexibility index (Phi) is 5.21. The molecule has 0 heterocycles. The number of alkyl halides is 3. The van der Waals surface area contributed by atoms with Crippen molar-refractivity contribution in [3.63, 3.8) is 0 Å². The molecule has 0 spiro atoms. The molecule has 0 aromatic rings. The second-order valence-corrected chi connectivity index (χ2v) is 3.59. The number of ether oxygens (including phenoxy) is 3. The van der Waals surface area contributed by atoms with Gasteiger partial charge in [0.25, 0.3) is 0 Å². The number of methoxy groups -OCH3 is 1. The Labute approximate surface area is 102 Å². The van der Waals surface area contributed by atoms with Crippen LogP contribution in [0.4, 0.5) is 18.0 Å². The molecule has 0 radical (unpaired) electrons. The zero-order chi connectivity index (χ0) is 13.6. The van der Waals surface area contributed by atoms with Gasteiger partial charge in [0.2, 0.25) is 0 Å². The lowest BCUT2D eigenvalue weighted by atomic mass is 9.91. The summed E-state index contributed by atoms with van der Waals surface area (Å²) in [6.45, 7) is -0.752. The minimum Gasteiger partial charge on any atom is -0.430 e. The molecular formula is C11H13F3O4. The average molecular weight is 266 g/mol. The molecular weight excluding hydrogens is 253 g/mol. The lowest BCUT2D eigenvalue weighted by Crippen LogP contribution is -2.28. The van der Waals surface area contributed by atoms with E-state index in [0.29, 0.717) is 0 Å². The predicted molar refractivity (Wildman–Crippen MR) is 55.7 cm³/mol. The largest absolute Gasteiger partial charge is 0.510 e. The molecule has 1 rings (SSSR count). The molecule has 0 saturated carbocycles. The monoisotopic (exact) mass is 266 g/mol. The van der Waals surface area contributed by atoms with Gasteiger partial charge in [-0.15, -0.1) is 0 Å². The van der Waals surface area contributed by atoms with Gasteiger partial charge in [0.15, 0.2) is 6.79 Å². The Morgan fingerprint density at radius 1 is 1.44 bits per heavy atom. The Balaban J connectivity index is 2.51. The first-order valence-corrected chi connectivity index (χ1v) is 5.16. The fourth-order valence-corrected chi connectivity index (χ4v) is 1.46. The molecule has 18 heavy (non-hydrogen) atoms. The molecule has 0 saturated heterocycles. The van der Waals surface area contributed by atoms with Crippen molar-refractivity contribution >= 4 is 6.16 Å². The number of allylic oxidation sites excluding steroid dienone is 3. The summed E-state index contributed by atoms with van der Waals surface area (Å²) in [6, 6.07) is 0.